The van der Waals surface area contributed by atoms with Crippen LogP contribution in [0, 0.1) is 5.92 Å². The van der Waals surface area contributed by atoms with Crippen LogP contribution in [0.2, 0.25) is 0 Å². The van der Waals surface area contributed by atoms with E-state index in [1.807, 2.05) is 18.5 Å². The molecule has 0 aliphatic carbocycles. The number of aromatic nitrogens is 4. The van der Waals surface area contributed by atoms with E-state index in [2.05, 4.69) is 39.0 Å². The molecule has 1 aliphatic rings. The van der Waals surface area contributed by atoms with Gasteiger partial charge in [0.1, 0.15) is 0 Å². The van der Waals surface area contributed by atoms with Crippen LogP contribution in [0.1, 0.15) is 58.3 Å². The number of hydrogen-bond donors (Lipinski definition) is 1. The monoisotopic (exact) mass is 494 g/mol. The molecular weight excluding hydrogens is 469 g/mol. The third-order valence-electron chi connectivity index (χ3n) is 6.32. The van der Waals surface area contributed by atoms with Crippen LogP contribution in [0.15, 0.2) is 61.2 Å². The summed E-state index contributed by atoms with van der Waals surface area (Å²) in [7, 11) is 0. The predicted octanol–water partition coefficient (Wildman–Crippen LogP) is 4.79. The van der Waals surface area contributed by atoms with Crippen molar-refractivity contribution in [1.82, 2.24) is 29.6 Å². The van der Waals surface area contributed by atoms with Crippen LogP contribution in [-0.4, -0.2) is 30.2 Å². The number of carbonyl (C=O) groups excluding carboxylic acids is 1. The van der Waals surface area contributed by atoms with E-state index in [1.54, 1.807) is 22.9 Å². The van der Waals surface area contributed by atoms with Crippen molar-refractivity contribution in [2.75, 3.05) is 0 Å². The van der Waals surface area contributed by atoms with Gasteiger partial charge in [0.05, 0.1) is 35.1 Å². The van der Waals surface area contributed by atoms with Crippen molar-refractivity contribution in [2.24, 2.45) is 5.92 Å². The molecule has 7 nitrogen and oxygen atoms in total. The third kappa shape index (κ3) is 4.81. The lowest BCUT2D eigenvalue weighted by atomic mass is 9.99. The fraction of sp³-hybridized carbons (Fsp3) is 0.308. The number of benzene rings is 1. The van der Waals surface area contributed by atoms with Crippen LogP contribution < -0.4 is 5.32 Å². The topological polar surface area (TPSA) is 75.4 Å². The number of carbonyl (C=O) groups is 1. The summed E-state index contributed by atoms with van der Waals surface area (Å²) < 4.78 is 40.5. The number of nitrogens with one attached hydrogen (secondary N) is 1. The average molecular weight is 495 g/mol. The second-order valence-corrected chi connectivity index (χ2v) is 9.30. The number of alkyl halides is 3. The highest BCUT2D eigenvalue weighted by molar-refractivity contribution is 5.94. The minimum absolute atomic E-state index is 0.00452. The third-order valence-corrected chi connectivity index (χ3v) is 6.32. The van der Waals surface area contributed by atoms with Gasteiger partial charge in [-0.3, -0.25) is 19.1 Å². The van der Waals surface area contributed by atoms with E-state index in [9.17, 15) is 18.0 Å². The molecule has 3 aromatic heterocycles. The lowest BCUT2D eigenvalue weighted by Crippen LogP contribution is -2.25. The Morgan fingerprint density at radius 1 is 1.19 bits per heavy atom. The fourth-order valence-electron chi connectivity index (χ4n) is 4.69. The number of rotatable bonds is 6. The molecule has 4 heterocycles. The highest BCUT2D eigenvalue weighted by Gasteiger charge is 2.35. The molecule has 0 bridgehead atoms. The number of halogens is 3. The van der Waals surface area contributed by atoms with Gasteiger partial charge in [-0.25, -0.2) is 9.97 Å². The summed E-state index contributed by atoms with van der Waals surface area (Å²) in [6.07, 6.45) is 2.54. The number of nitrogens with zero attached hydrogens (tertiary/aromatic N) is 5. The Kier molecular flexibility index (Phi) is 6.21. The number of pyridine rings is 1. The molecule has 186 valence electrons. The van der Waals surface area contributed by atoms with E-state index in [4.69, 9.17) is 0 Å². The van der Waals surface area contributed by atoms with Crippen LogP contribution in [0.25, 0.3) is 5.78 Å². The van der Waals surface area contributed by atoms with Gasteiger partial charge in [-0.2, -0.15) is 13.2 Å². The van der Waals surface area contributed by atoms with Gasteiger partial charge < -0.3 is 5.32 Å². The summed E-state index contributed by atoms with van der Waals surface area (Å²) >= 11 is 0. The lowest BCUT2D eigenvalue weighted by Gasteiger charge is -2.27. The van der Waals surface area contributed by atoms with Crippen LogP contribution in [0.3, 0.4) is 0 Å². The first-order chi connectivity index (χ1) is 17.2. The number of amides is 1. The predicted molar refractivity (Wildman–Crippen MR) is 127 cm³/mol. The number of imidazole rings is 1. The zero-order valence-electron chi connectivity index (χ0n) is 19.8. The van der Waals surface area contributed by atoms with Crippen molar-refractivity contribution in [1.29, 1.82) is 0 Å². The maximum atomic E-state index is 12.9. The SMILES string of the molecule is CC(C)C1c2ncc(C(=O)NCc3cn4cccnc4n3)cc2CN1Cc1ccc(C(F)(F)F)cc1. The molecule has 1 N–H and O–H groups in total. The molecule has 36 heavy (non-hydrogen) atoms. The van der Waals surface area contributed by atoms with Gasteiger partial charge in [0.2, 0.25) is 5.78 Å². The first-order valence-electron chi connectivity index (χ1n) is 11.6. The first kappa shape index (κ1) is 23.9. The molecule has 0 saturated heterocycles. The van der Waals surface area contributed by atoms with Gasteiger partial charge in [0.15, 0.2) is 0 Å². The van der Waals surface area contributed by atoms with Crippen molar-refractivity contribution in [3.63, 3.8) is 0 Å². The molecule has 1 amide bonds. The van der Waals surface area contributed by atoms with Crippen LogP contribution in [-0.2, 0) is 25.8 Å². The summed E-state index contributed by atoms with van der Waals surface area (Å²) in [4.78, 5) is 28.2. The summed E-state index contributed by atoms with van der Waals surface area (Å²) in [5.41, 5.74) is 3.13. The molecule has 1 atom stereocenters. The highest BCUT2D eigenvalue weighted by atomic mass is 19.4. The van der Waals surface area contributed by atoms with E-state index < -0.39 is 11.7 Å². The van der Waals surface area contributed by atoms with E-state index >= 15 is 0 Å². The second-order valence-electron chi connectivity index (χ2n) is 9.30. The Hall–Kier alpha value is -3.79. The molecule has 4 aromatic rings. The minimum atomic E-state index is -4.36. The summed E-state index contributed by atoms with van der Waals surface area (Å²) in [5.74, 6) is 0.544. The van der Waals surface area contributed by atoms with E-state index in [0.29, 0.717) is 30.1 Å². The molecule has 10 heteroatoms. The minimum Gasteiger partial charge on any atom is -0.346 e. The molecule has 1 aromatic carbocycles. The normalized spacial score (nSPS) is 16.0. The lowest BCUT2D eigenvalue weighted by molar-refractivity contribution is -0.137. The van der Waals surface area contributed by atoms with Crippen molar-refractivity contribution >= 4 is 11.7 Å². The highest BCUT2D eigenvalue weighted by Crippen LogP contribution is 2.39. The summed E-state index contributed by atoms with van der Waals surface area (Å²) in [5, 5.41) is 2.88. The average Bonchev–Trinajstić information content (AvgIpc) is 3.42. The summed E-state index contributed by atoms with van der Waals surface area (Å²) in [6.45, 7) is 5.48. The van der Waals surface area contributed by atoms with Gasteiger partial charge >= 0.3 is 6.18 Å². The standard InChI is InChI=1S/C26H25F3N6O/c1-16(2)23-22-19(14-35(23)13-17-4-6-20(7-5-17)26(27,28)29)10-18(11-31-22)24(36)32-12-21-15-34-9-3-8-30-25(34)33-21/h3-11,15-16,23H,12-14H2,1-2H3,(H,32,36). The molecular formula is C26H25F3N6O. The van der Waals surface area contributed by atoms with E-state index in [-0.39, 0.29) is 24.4 Å². The van der Waals surface area contributed by atoms with Gasteiger partial charge in [-0.1, -0.05) is 26.0 Å². The van der Waals surface area contributed by atoms with Crippen LogP contribution >= 0.6 is 0 Å². The Bertz CT molecular complexity index is 1360. The Labute approximate surface area is 206 Å². The van der Waals surface area contributed by atoms with Crippen LogP contribution in [0.4, 0.5) is 13.2 Å². The first-order valence-corrected chi connectivity index (χ1v) is 11.6. The largest absolute Gasteiger partial charge is 0.416 e. The molecule has 0 spiro atoms. The van der Waals surface area contributed by atoms with E-state index in [0.717, 1.165) is 29.0 Å². The molecule has 5 rings (SSSR count). The van der Waals surface area contributed by atoms with Crippen molar-refractivity contribution < 1.29 is 18.0 Å². The quantitative estimate of drug-likeness (QED) is 0.417. The molecule has 0 fully saturated rings. The number of hydrogen-bond acceptors (Lipinski definition) is 5. The maximum Gasteiger partial charge on any atom is 0.416 e. The zero-order valence-corrected chi connectivity index (χ0v) is 19.8. The number of fused-ring (bicyclic) bond motifs is 2. The Morgan fingerprint density at radius 3 is 2.67 bits per heavy atom. The zero-order chi connectivity index (χ0) is 25.4. The van der Waals surface area contributed by atoms with Crippen molar-refractivity contribution in [2.45, 2.75) is 45.7 Å². The molecule has 0 saturated carbocycles. The summed E-state index contributed by atoms with van der Waals surface area (Å²) in [6, 6.07) is 8.92. The van der Waals surface area contributed by atoms with E-state index in [1.165, 1.54) is 12.1 Å². The van der Waals surface area contributed by atoms with Crippen molar-refractivity contribution in [3.8, 4) is 0 Å². The molecule has 1 unspecified atom stereocenters. The molecule has 1 aliphatic heterocycles. The Balaban J connectivity index is 1.29. The van der Waals surface area contributed by atoms with Crippen LogP contribution in [0.5, 0.6) is 0 Å². The Morgan fingerprint density at radius 2 is 1.97 bits per heavy atom. The fourth-order valence-corrected chi connectivity index (χ4v) is 4.69. The van der Waals surface area contributed by atoms with Gasteiger partial charge in [0.25, 0.3) is 5.91 Å². The maximum absolute atomic E-state index is 12.9. The molecule has 0 radical (unpaired) electrons. The second kappa shape index (κ2) is 9.34. The van der Waals surface area contributed by atoms with Gasteiger partial charge in [-0.05, 0) is 41.3 Å². The van der Waals surface area contributed by atoms with Gasteiger partial charge in [0, 0.05) is 37.9 Å². The smallest absolute Gasteiger partial charge is 0.346 e. The van der Waals surface area contributed by atoms with Gasteiger partial charge in [-0.15, -0.1) is 0 Å². The van der Waals surface area contributed by atoms with Crippen molar-refractivity contribution in [3.05, 3.63) is 94.8 Å².